The van der Waals surface area contributed by atoms with Gasteiger partial charge in [0, 0.05) is 6.20 Å². The molecule has 0 aliphatic heterocycles. The molecule has 2 aromatic heterocycles. The van der Waals surface area contributed by atoms with Gasteiger partial charge in [-0.15, -0.1) is 0 Å². The van der Waals surface area contributed by atoms with Crippen molar-refractivity contribution in [2.75, 3.05) is 0 Å². The number of rotatable bonds is 3. The summed E-state index contributed by atoms with van der Waals surface area (Å²) in [5.74, 6) is 0. The van der Waals surface area contributed by atoms with Crippen molar-refractivity contribution in [2.24, 2.45) is 0 Å². The molecule has 0 saturated carbocycles. The molecule has 2 aromatic rings. The predicted molar refractivity (Wildman–Crippen MR) is 53.5 cm³/mol. The lowest BCUT2D eigenvalue weighted by molar-refractivity contribution is -0.109. The summed E-state index contributed by atoms with van der Waals surface area (Å²) in [6.45, 7) is 0. The maximum atomic E-state index is 10.9. The number of hydrogen-bond donors (Lipinski definition) is 0. The molecule has 1 unspecified atom stereocenters. The molecule has 2 heterocycles. The lowest BCUT2D eigenvalue weighted by atomic mass is 10.2. The number of aldehydes is 1. The molecule has 0 N–H and O–H groups in total. The molecule has 0 aliphatic carbocycles. The highest BCUT2D eigenvalue weighted by atomic mass is 35.5. The van der Waals surface area contributed by atoms with Gasteiger partial charge in [0.05, 0.1) is 10.7 Å². The van der Waals surface area contributed by atoms with E-state index in [4.69, 9.17) is 11.6 Å². The van der Waals surface area contributed by atoms with Crippen LogP contribution in [0.1, 0.15) is 11.7 Å². The number of carbonyl (C=O) groups excluding carboxylic acids is 1. The fourth-order valence-electron chi connectivity index (χ4n) is 1.19. The van der Waals surface area contributed by atoms with E-state index in [-0.39, 0.29) is 0 Å². The Labute approximate surface area is 90.7 Å². The standard InChI is InChI=1S/C9H7ClN4O/c10-7-1-2-8(12-3-7)9(4-15)14-6-11-5-13-14/h1-6,9H. The van der Waals surface area contributed by atoms with Crippen LogP contribution in [0.2, 0.25) is 5.02 Å². The molecule has 15 heavy (non-hydrogen) atoms. The molecule has 0 amide bonds. The summed E-state index contributed by atoms with van der Waals surface area (Å²) in [6.07, 6.45) is 5.08. The minimum absolute atomic E-state index is 0.530. The van der Waals surface area contributed by atoms with Gasteiger partial charge in [-0.2, -0.15) is 5.10 Å². The van der Waals surface area contributed by atoms with Crippen LogP contribution in [0.25, 0.3) is 0 Å². The van der Waals surface area contributed by atoms with Gasteiger partial charge < -0.3 is 4.79 Å². The van der Waals surface area contributed by atoms with Gasteiger partial charge in [0.1, 0.15) is 12.7 Å². The van der Waals surface area contributed by atoms with E-state index in [1.54, 1.807) is 12.1 Å². The highest BCUT2D eigenvalue weighted by Gasteiger charge is 2.14. The van der Waals surface area contributed by atoms with Gasteiger partial charge in [-0.05, 0) is 12.1 Å². The van der Waals surface area contributed by atoms with E-state index in [1.807, 2.05) is 0 Å². The number of carbonyl (C=O) groups is 1. The van der Waals surface area contributed by atoms with Crippen LogP contribution in [0.3, 0.4) is 0 Å². The molecule has 0 radical (unpaired) electrons. The third-order valence-corrected chi connectivity index (χ3v) is 2.13. The van der Waals surface area contributed by atoms with Crippen LogP contribution in [0, 0.1) is 0 Å². The molecule has 2 rings (SSSR count). The summed E-state index contributed by atoms with van der Waals surface area (Å²) in [6, 6.07) is 2.81. The topological polar surface area (TPSA) is 60.7 Å². The van der Waals surface area contributed by atoms with Gasteiger partial charge in [0.25, 0.3) is 0 Å². The molecule has 0 saturated heterocycles. The van der Waals surface area contributed by atoms with Crippen LogP contribution >= 0.6 is 11.6 Å². The molecule has 0 bridgehead atoms. The highest BCUT2D eigenvalue weighted by molar-refractivity contribution is 6.30. The normalized spacial score (nSPS) is 12.3. The predicted octanol–water partition coefficient (Wildman–Crippen LogP) is 1.11. The van der Waals surface area contributed by atoms with Crippen molar-refractivity contribution >= 4 is 17.9 Å². The lowest BCUT2D eigenvalue weighted by Gasteiger charge is -2.08. The second-order valence-electron chi connectivity index (χ2n) is 2.86. The summed E-state index contributed by atoms with van der Waals surface area (Å²) in [5.41, 5.74) is 0.583. The van der Waals surface area contributed by atoms with Crippen molar-refractivity contribution in [1.29, 1.82) is 0 Å². The van der Waals surface area contributed by atoms with Gasteiger partial charge in [-0.3, -0.25) is 4.98 Å². The largest absolute Gasteiger partial charge is 0.301 e. The summed E-state index contributed by atoms with van der Waals surface area (Å²) in [4.78, 5) is 18.8. The lowest BCUT2D eigenvalue weighted by Crippen LogP contribution is -2.13. The van der Waals surface area contributed by atoms with Crippen LogP contribution in [-0.4, -0.2) is 26.0 Å². The molecule has 0 fully saturated rings. The van der Waals surface area contributed by atoms with Crippen LogP contribution < -0.4 is 0 Å². The van der Waals surface area contributed by atoms with Crippen LogP contribution in [0.15, 0.2) is 31.0 Å². The summed E-state index contributed by atoms with van der Waals surface area (Å²) >= 11 is 5.70. The number of pyridine rings is 1. The first-order valence-corrected chi connectivity index (χ1v) is 4.60. The minimum Gasteiger partial charge on any atom is -0.301 e. The van der Waals surface area contributed by atoms with Crippen molar-refractivity contribution in [3.8, 4) is 0 Å². The third kappa shape index (κ3) is 2.02. The van der Waals surface area contributed by atoms with Crippen LogP contribution in [-0.2, 0) is 4.79 Å². The average Bonchev–Trinajstić information content (AvgIpc) is 2.75. The number of halogens is 1. The molecule has 0 aliphatic rings. The molecular formula is C9H7ClN4O. The minimum atomic E-state index is -0.551. The quantitative estimate of drug-likeness (QED) is 0.730. The Morgan fingerprint density at radius 2 is 2.33 bits per heavy atom. The van der Waals surface area contributed by atoms with Crippen molar-refractivity contribution in [1.82, 2.24) is 19.7 Å². The van der Waals surface area contributed by atoms with E-state index in [0.29, 0.717) is 10.7 Å². The van der Waals surface area contributed by atoms with Crippen molar-refractivity contribution < 1.29 is 4.79 Å². The molecule has 0 aromatic carbocycles. The summed E-state index contributed by atoms with van der Waals surface area (Å²) in [7, 11) is 0. The Kier molecular flexibility index (Phi) is 2.73. The van der Waals surface area contributed by atoms with Crippen molar-refractivity contribution in [3.63, 3.8) is 0 Å². The van der Waals surface area contributed by atoms with E-state index in [9.17, 15) is 4.79 Å². The maximum absolute atomic E-state index is 10.9. The Bertz CT molecular complexity index is 440. The van der Waals surface area contributed by atoms with Gasteiger partial charge >= 0.3 is 0 Å². The van der Waals surface area contributed by atoms with Gasteiger partial charge in [0.15, 0.2) is 12.3 Å². The zero-order valence-electron chi connectivity index (χ0n) is 7.62. The SMILES string of the molecule is O=CC(c1ccc(Cl)cn1)n1cncn1. The van der Waals surface area contributed by atoms with Crippen molar-refractivity contribution in [2.45, 2.75) is 6.04 Å². The molecule has 0 spiro atoms. The van der Waals surface area contributed by atoms with E-state index < -0.39 is 6.04 Å². The molecule has 5 nitrogen and oxygen atoms in total. The molecule has 6 heteroatoms. The Hall–Kier alpha value is -1.75. The number of nitrogens with zero attached hydrogens (tertiary/aromatic N) is 4. The fourth-order valence-corrected chi connectivity index (χ4v) is 1.30. The zero-order valence-corrected chi connectivity index (χ0v) is 8.37. The van der Waals surface area contributed by atoms with E-state index in [2.05, 4.69) is 15.1 Å². The smallest absolute Gasteiger partial charge is 0.151 e. The summed E-state index contributed by atoms with van der Waals surface area (Å²) in [5, 5.41) is 4.42. The molecule has 1 atom stereocenters. The van der Waals surface area contributed by atoms with E-state index >= 15 is 0 Å². The third-order valence-electron chi connectivity index (χ3n) is 1.90. The second kappa shape index (κ2) is 4.18. The van der Waals surface area contributed by atoms with E-state index in [1.165, 1.54) is 23.5 Å². The first-order chi connectivity index (χ1) is 7.31. The first-order valence-electron chi connectivity index (χ1n) is 4.22. The van der Waals surface area contributed by atoms with Crippen molar-refractivity contribution in [3.05, 3.63) is 41.7 Å². The summed E-state index contributed by atoms with van der Waals surface area (Å²) < 4.78 is 1.43. The number of aromatic nitrogens is 4. The van der Waals surface area contributed by atoms with E-state index in [0.717, 1.165) is 6.29 Å². The Morgan fingerprint density at radius 1 is 1.47 bits per heavy atom. The number of hydrogen-bond acceptors (Lipinski definition) is 4. The maximum Gasteiger partial charge on any atom is 0.151 e. The molecular weight excluding hydrogens is 216 g/mol. The average molecular weight is 223 g/mol. The monoisotopic (exact) mass is 222 g/mol. The fraction of sp³-hybridized carbons (Fsp3) is 0.111. The second-order valence-corrected chi connectivity index (χ2v) is 3.29. The highest BCUT2D eigenvalue weighted by Crippen LogP contribution is 2.14. The van der Waals surface area contributed by atoms with Gasteiger partial charge in [0.2, 0.25) is 0 Å². The van der Waals surface area contributed by atoms with Crippen LogP contribution in [0.4, 0.5) is 0 Å². The zero-order chi connectivity index (χ0) is 10.7. The van der Waals surface area contributed by atoms with Gasteiger partial charge in [-0.1, -0.05) is 11.6 Å². The van der Waals surface area contributed by atoms with Crippen LogP contribution in [0.5, 0.6) is 0 Å². The van der Waals surface area contributed by atoms with Gasteiger partial charge in [-0.25, -0.2) is 9.67 Å². The Morgan fingerprint density at radius 3 is 2.87 bits per heavy atom. The Balaban J connectivity index is 2.35. The molecule has 76 valence electrons. The first kappa shape index (κ1) is 9.79.